The topological polar surface area (TPSA) is 50.3 Å². The van der Waals surface area contributed by atoms with Gasteiger partial charge in [0.1, 0.15) is 16.7 Å². The molecule has 0 saturated heterocycles. The Balaban J connectivity index is 0.855. The first-order chi connectivity index (χ1) is 31.3. The van der Waals surface area contributed by atoms with Crippen LogP contribution >= 0.6 is 0 Å². The van der Waals surface area contributed by atoms with Crippen LogP contribution in [0.25, 0.3) is 77.3 Å². The molecule has 2 aliphatic carbocycles. The molecule has 64 heavy (non-hydrogen) atoms. The van der Waals surface area contributed by atoms with Gasteiger partial charge in [0.25, 0.3) is 0 Å². The minimum absolute atomic E-state index is 0.0448. The molecule has 306 valence electrons. The Morgan fingerprint density at radius 3 is 1.81 bits per heavy atom. The number of rotatable bonds is 7. The van der Waals surface area contributed by atoms with Crippen molar-refractivity contribution < 1.29 is 8.83 Å². The van der Waals surface area contributed by atoms with Gasteiger partial charge in [0.2, 0.25) is 0 Å². The van der Waals surface area contributed by atoms with Gasteiger partial charge in [0.15, 0.2) is 5.58 Å². The molecule has 1 unspecified atom stereocenters. The molecule has 2 aromatic heterocycles. The van der Waals surface area contributed by atoms with E-state index in [2.05, 4.69) is 207 Å². The lowest BCUT2D eigenvalue weighted by atomic mass is 9.74. The van der Waals surface area contributed by atoms with E-state index in [4.69, 9.17) is 8.83 Å². The largest absolute Gasteiger partial charge is 0.455 e. The van der Waals surface area contributed by atoms with Crippen LogP contribution < -0.4 is 10.6 Å². The Hall–Kier alpha value is -7.82. The van der Waals surface area contributed by atoms with E-state index in [0.29, 0.717) is 0 Å². The van der Waals surface area contributed by atoms with Crippen molar-refractivity contribution in [2.75, 3.05) is 10.6 Å². The molecular weight excluding hydrogens is 781 g/mol. The van der Waals surface area contributed by atoms with E-state index in [1.807, 2.05) is 12.1 Å². The summed E-state index contributed by atoms with van der Waals surface area (Å²) in [6.45, 7) is 7.06. The number of anilines is 4. The summed E-state index contributed by atoms with van der Waals surface area (Å²) in [5, 5.41) is 12.2. The third-order valence-corrected chi connectivity index (χ3v) is 14.4. The van der Waals surface area contributed by atoms with Crippen molar-refractivity contribution in [3.63, 3.8) is 0 Å². The molecule has 11 aromatic rings. The van der Waals surface area contributed by atoms with Gasteiger partial charge in [0.05, 0.1) is 5.69 Å². The summed E-state index contributed by atoms with van der Waals surface area (Å²) in [7, 11) is 0. The molecule has 0 fully saturated rings. The molecule has 4 nitrogen and oxygen atoms in total. The zero-order valence-electron chi connectivity index (χ0n) is 35.9. The van der Waals surface area contributed by atoms with E-state index in [0.717, 1.165) is 78.8 Å². The van der Waals surface area contributed by atoms with Gasteiger partial charge in [-0.2, -0.15) is 0 Å². The van der Waals surface area contributed by atoms with Crippen molar-refractivity contribution in [3.8, 4) is 33.4 Å². The monoisotopic (exact) mass is 824 g/mol. The van der Waals surface area contributed by atoms with Gasteiger partial charge >= 0.3 is 0 Å². The van der Waals surface area contributed by atoms with E-state index in [1.54, 1.807) is 0 Å². The molecule has 0 bridgehead atoms. The van der Waals surface area contributed by atoms with Crippen LogP contribution in [0.2, 0.25) is 0 Å². The smallest absolute Gasteiger partial charge is 0.158 e. The van der Waals surface area contributed by atoms with Gasteiger partial charge in [-0.25, -0.2) is 0 Å². The maximum Gasteiger partial charge on any atom is 0.158 e. The quantitative estimate of drug-likeness (QED) is 0.168. The van der Waals surface area contributed by atoms with Gasteiger partial charge in [-0.1, -0.05) is 166 Å². The van der Waals surface area contributed by atoms with Crippen molar-refractivity contribution in [2.45, 2.75) is 38.0 Å². The van der Waals surface area contributed by atoms with Crippen molar-refractivity contribution in [1.29, 1.82) is 0 Å². The fraction of sp³-hybridized carbons (Fsp3) is 0.100. The number of furan rings is 2. The molecular formula is C60H44N2O2. The molecule has 0 radical (unpaired) electrons. The molecule has 9 aromatic carbocycles. The molecule has 2 N–H and O–H groups in total. The number of hydrogen-bond acceptors (Lipinski definition) is 4. The summed E-state index contributed by atoms with van der Waals surface area (Å²) in [5.41, 5.74) is 21.4. The predicted molar refractivity (Wildman–Crippen MR) is 265 cm³/mol. The second-order valence-electron chi connectivity index (χ2n) is 18.4. The van der Waals surface area contributed by atoms with Crippen LogP contribution in [0.1, 0.15) is 48.6 Å². The highest BCUT2D eigenvalue weighted by Gasteiger charge is 2.41. The highest BCUT2D eigenvalue weighted by Crippen LogP contribution is 2.55. The third kappa shape index (κ3) is 5.29. The van der Waals surface area contributed by atoms with E-state index >= 15 is 0 Å². The maximum absolute atomic E-state index is 6.85. The lowest BCUT2D eigenvalue weighted by Crippen LogP contribution is -2.24. The molecule has 4 heteroatoms. The van der Waals surface area contributed by atoms with Crippen molar-refractivity contribution in [2.24, 2.45) is 0 Å². The average Bonchev–Trinajstić information content (AvgIpc) is 4.04. The minimum Gasteiger partial charge on any atom is -0.455 e. The summed E-state index contributed by atoms with van der Waals surface area (Å²) in [5.74, 6) is 0. The Labute approximate surface area is 371 Å². The Morgan fingerprint density at radius 1 is 0.406 bits per heavy atom. The molecule has 0 spiro atoms. The van der Waals surface area contributed by atoms with E-state index in [1.165, 1.54) is 55.5 Å². The van der Waals surface area contributed by atoms with Gasteiger partial charge in [-0.15, -0.1) is 0 Å². The first-order valence-corrected chi connectivity index (χ1v) is 22.3. The number of benzene rings is 9. The van der Waals surface area contributed by atoms with E-state index in [-0.39, 0.29) is 10.8 Å². The van der Waals surface area contributed by atoms with Crippen LogP contribution in [0.15, 0.2) is 197 Å². The van der Waals surface area contributed by atoms with Gasteiger partial charge < -0.3 is 19.5 Å². The standard InChI is InChI=1S/C60H44N2O2/c1-59(2)45-22-7-4-17-42(45)55-47(59)24-13-26-49(55)61-38-33-31-36(32-34-38)39-19-11-21-44-54-37(15-10-30-53(54)64-57(39)44)35-60(3)46-23-8-5-18-43(46)56-48(60)25-14-27-50(56)62-51-28-12-20-41-40-16-6-9-29-52(40)63-58(41)51/h4-34,61-62H,35H2,1-3H3. The molecule has 0 aliphatic heterocycles. The van der Waals surface area contributed by atoms with Crippen LogP contribution in [0.4, 0.5) is 22.7 Å². The molecule has 2 aliphatic rings. The first-order valence-electron chi connectivity index (χ1n) is 22.3. The number of nitrogens with one attached hydrogen (secondary N) is 2. The summed E-state index contributed by atoms with van der Waals surface area (Å²) < 4.78 is 13.3. The molecule has 13 rings (SSSR count). The minimum atomic E-state index is -0.302. The third-order valence-electron chi connectivity index (χ3n) is 14.4. The summed E-state index contributed by atoms with van der Waals surface area (Å²) in [6, 6.07) is 67.6. The van der Waals surface area contributed by atoms with Crippen molar-refractivity contribution in [1.82, 2.24) is 0 Å². The predicted octanol–water partition coefficient (Wildman–Crippen LogP) is 16.5. The fourth-order valence-corrected chi connectivity index (χ4v) is 11.3. The van der Waals surface area contributed by atoms with Crippen molar-refractivity contribution >= 4 is 66.6 Å². The average molecular weight is 825 g/mol. The maximum atomic E-state index is 6.85. The van der Waals surface area contributed by atoms with Crippen LogP contribution in [-0.2, 0) is 17.3 Å². The molecule has 2 heterocycles. The Kier molecular flexibility index (Phi) is 7.81. The van der Waals surface area contributed by atoms with Crippen molar-refractivity contribution in [3.05, 3.63) is 216 Å². The van der Waals surface area contributed by atoms with Crippen LogP contribution in [0, 0.1) is 0 Å². The second kappa shape index (κ2) is 13.6. The molecule has 0 saturated carbocycles. The second-order valence-corrected chi connectivity index (χ2v) is 18.4. The summed E-state index contributed by atoms with van der Waals surface area (Å²) in [6.07, 6.45) is 0.807. The molecule has 1 atom stereocenters. The zero-order chi connectivity index (χ0) is 42.7. The highest BCUT2D eigenvalue weighted by atomic mass is 16.3. The number of fused-ring (bicyclic) bond motifs is 12. The van der Waals surface area contributed by atoms with Crippen LogP contribution in [0.3, 0.4) is 0 Å². The normalized spacial score (nSPS) is 15.7. The first kappa shape index (κ1) is 36.8. The summed E-state index contributed by atoms with van der Waals surface area (Å²) in [4.78, 5) is 0. The fourth-order valence-electron chi connectivity index (χ4n) is 11.3. The Morgan fingerprint density at radius 2 is 0.969 bits per heavy atom. The van der Waals surface area contributed by atoms with Crippen LogP contribution in [0.5, 0.6) is 0 Å². The number of hydrogen-bond donors (Lipinski definition) is 2. The Bertz CT molecular complexity index is 3700. The summed E-state index contributed by atoms with van der Waals surface area (Å²) >= 11 is 0. The van der Waals surface area contributed by atoms with E-state index < -0.39 is 0 Å². The number of para-hydroxylation sites is 3. The lowest BCUT2D eigenvalue weighted by Gasteiger charge is -2.28. The van der Waals surface area contributed by atoms with Gasteiger partial charge in [0, 0.05) is 66.1 Å². The highest BCUT2D eigenvalue weighted by molar-refractivity contribution is 6.12. The zero-order valence-corrected chi connectivity index (χ0v) is 35.9. The van der Waals surface area contributed by atoms with Gasteiger partial charge in [-0.05, 0) is 93.4 Å². The SMILES string of the molecule is CC1(C)c2ccccc2-c2c(Nc3ccc(-c4cccc5c4oc4cccc(CC6(C)c7ccccc7-c7c(Nc8cccc9c8oc8ccccc89)cccc76)c45)cc3)cccc21. The van der Waals surface area contributed by atoms with Gasteiger partial charge in [-0.3, -0.25) is 0 Å². The van der Waals surface area contributed by atoms with Crippen LogP contribution in [-0.4, -0.2) is 0 Å². The lowest BCUT2D eigenvalue weighted by molar-refractivity contribution is 0.585. The van der Waals surface area contributed by atoms with E-state index in [9.17, 15) is 0 Å². The molecule has 0 amide bonds.